The minimum Gasteiger partial charge on any atom is -0.379 e. The topological polar surface area (TPSA) is 78.5 Å². The Hall–Kier alpha value is -0.960. The SMILES string of the molecule is Cc1cnc([C@@H]2CCCN2S(=O)(=O)N2CCOCC2)[nH]1. The number of aromatic amines is 1. The molecule has 2 saturated heterocycles. The second kappa shape index (κ2) is 5.44. The molecule has 0 aromatic carbocycles. The number of imidazole rings is 1. The van der Waals surface area contributed by atoms with Gasteiger partial charge < -0.3 is 9.72 Å². The zero-order valence-corrected chi connectivity index (χ0v) is 12.4. The first-order chi connectivity index (χ1) is 9.59. The molecule has 1 N–H and O–H groups in total. The summed E-state index contributed by atoms with van der Waals surface area (Å²) in [5, 5.41) is 0. The van der Waals surface area contributed by atoms with Crippen LogP contribution in [0.25, 0.3) is 0 Å². The second-order valence-electron chi connectivity index (χ2n) is 5.24. The van der Waals surface area contributed by atoms with Crippen LogP contribution in [0.2, 0.25) is 0 Å². The Morgan fingerprint density at radius 3 is 2.75 bits per heavy atom. The molecule has 112 valence electrons. The zero-order chi connectivity index (χ0) is 14.2. The lowest BCUT2D eigenvalue weighted by molar-refractivity contribution is 0.0698. The van der Waals surface area contributed by atoms with Crippen molar-refractivity contribution in [1.29, 1.82) is 0 Å². The van der Waals surface area contributed by atoms with Crippen molar-refractivity contribution >= 4 is 10.2 Å². The number of H-pyrrole nitrogens is 1. The Labute approximate surface area is 119 Å². The summed E-state index contributed by atoms with van der Waals surface area (Å²) in [5.41, 5.74) is 0.954. The van der Waals surface area contributed by atoms with E-state index in [1.807, 2.05) is 6.92 Å². The van der Waals surface area contributed by atoms with E-state index in [4.69, 9.17) is 4.74 Å². The minimum absolute atomic E-state index is 0.170. The van der Waals surface area contributed by atoms with Crippen molar-refractivity contribution in [3.05, 3.63) is 17.7 Å². The third-order valence-electron chi connectivity index (χ3n) is 3.83. The second-order valence-corrected chi connectivity index (χ2v) is 7.12. The Morgan fingerprint density at radius 2 is 2.10 bits per heavy atom. The van der Waals surface area contributed by atoms with Crippen LogP contribution in [-0.2, 0) is 14.9 Å². The molecule has 0 spiro atoms. The van der Waals surface area contributed by atoms with Crippen molar-refractivity contribution < 1.29 is 13.2 Å². The molecular formula is C12H20N4O3S. The first-order valence-electron chi connectivity index (χ1n) is 6.95. The number of aryl methyl sites for hydroxylation is 1. The van der Waals surface area contributed by atoms with Crippen LogP contribution in [0.3, 0.4) is 0 Å². The Bertz CT molecular complexity index is 565. The molecule has 1 aromatic heterocycles. The van der Waals surface area contributed by atoms with Gasteiger partial charge in [0.05, 0.1) is 19.3 Å². The molecule has 3 heterocycles. The highest BCUT2D eigenvalue weighted by Gasteiger charge is 2.40. The van der Waals surface area contributed by atoms with E-state index in [0.29, 0.717) is 32.8 Å². The van der Waals surface area contributed by atoms with Gasteiger partial charge >= 0.3 is 0 Å². The number of aromatic nitrogens is 2. The highest BCUT2D eigenvalue weighted by molar-refractivity contribution is 7.86. The molecule has 8 heteroatoms. The van der Waals surface area contributed by atoms with E-state index in [1.54, 1.807) is 10.5 Å². The first kappa shape index (κ1) is 14.0. The highest BCUT2D eigenvalue weighted by atomic mass is 32.2. The molecule has 3 rings (SSSR count). The summed E-state index contributed by atoms with van der Waals surface area (Å²) >= 11 is 0. The van der Waals surface area contributed by atoms with E-state index in [1.165, 1.54) is 4.31 Å². The van der Waals surface area contributed by atoms with Gasteiger partial charge in [0, 0.05) is 31.5 Å². The van der Waals surface area contributed by atoms with Crippen molar-refractivity contribution in [2.75, 3.05) is 32.8 Å². The predicted molar refractivity (Wildman–Crippen MR) is 73.3 cm³/mol. The van der Waals surface area contributed by atoms with E-state index in [9.17, 15) is 8.42 Å². The standard InChI is InChI=1S/C12H20N4O3S/c1-10-9-13-12(14-10)11-3-2-4-16(11)20(17,18)15-5-7-19-8-6-15/h9,11H,2-8H2,1H3,(H,13,14)/t11-/m0/s1. The average Bonchev–Trinajstić information content (AvgIpc) is 3.08. The maximum atomic E-state index is 12.7. The Balaban J connectivity index is 1.84. The van der Waals surface area contributed by atoms with Crippen LogP contribution in [0, 0.1) is 6.92 Å². The van der Waals surface area contributed by atoms with Crippen LogP contribution in [0.15, 0.2) is 6.20 Å². The van der Waals surface area contributed by atoms with Crippen molar-refractivity contribution in [2.24, 2.45) is 0 Å². The van der Waals surface area contributed by atoms with Crippen molar-refractivity contribution in [2.45, 2.75) is 25.8 Å². The molecule has 0 aliphatic carbocycles. The molecule has 2 aliphatic rings. The quantitative estimate of drug-likeness (QED) is 0.878. The third-order valence-corrected chi connectivity index (χ3v) is 5.88. The van der Waals surface area contributed by atoms with Gasteiger partial charge in [-0.1, -0.05) is 0 Å². The van der Waals surface area contributed by atoms with Gasteiger partial charge in [-0.3, -0.25) is 0 Å². The molecule has 2 fully saturated rings. The van der Waals surface area contributed by atoms with E-state index >= 15 is 0 Å². The van der Waals surface area contributed by atoms with E-state index in [-0.39, 0.29) is 6.04 Å². The van der Waals surface area contributed by atoms with Gasteiger partial charge in [0.1, 0.15) is 5.82 Å². The summed E-state index contributed by atoms with van der Waals surface area (Å²) in [4.78, 5) is 7.46. The molecule has 7 nitrogen and oxygen atoms in total. The largest absolute Gasteiger partial charge is 0.379 e. The molecular weight excluding hydrogens is 280 g/mol. The van der Waals surface area contributed by atoms with Gasteiger partial charge in [-0.15, -0.1) is 0 Å². The lowest BCUT2D eigenvalue weighted by Gasteiger charge is -2.32. The summed E-state index contributed by atoms with van der Waals surface area (Å²) in [5.74, 6) is 0.747. The Kier molecular flexibility index (Phi) is 3.80. The summed E-state index contributed by atoms with van der Waals surface area (Å²) in [6.45, 7) is 4.29. The van der Waals surface area contributed by atoms with Crippen molar-refractivity contribution in [3.63, 3.8) is 0 Å². The van der Waals surface area contributed by atoms with Crippen LogP contribution < -0.4 is 0 Å². The lowest BCUT2D eigenvalue weighted by atomic mass is 10.2. The van der Waals surface area contributed by atoms with E-state index in [2.05, 4.69) is 9.97 Å². The molecule has 2 aliphatic heterocycles. The van der Waals surface area contributed by atoms with Gasteiger partial charge in [0.25, 0.3) is 10.2 Å². The zero-order valence-electron chi connectivity index (χ0n) is 11.6. The summed E-state index contributed by atoms with van der Waals surface area (Å²) < 4.78 is 33.8. The number of hydrogen-bond acceptors (Lipinski definition) is 4. The maximum absolute atomic E-state index is 12.7. The molecule has 1 aromatic rings. The molecule has 0 amide bonds. The average molecular weight is 300 g/mol. The van der Waals surface area contributed by atoms with E-state index in [0.717, 1.165) is 24.4 Å². The monoisotopic (exact) mass is 300 g/mol. The van der Waals surface area contributed by atoms with Gasteiger partial charge in [-0.25, -0.2) is 4.98 Å². The summed E-state index contributed by atoms with van der Waals surface area (Å²) in [6, 6.07) is -0.170. The molecule has 1 atom stereocenters. The fourth-order valence-corrected chi connectivity index (χ4v) is 4.61. The van der Waals surface area contributed by atoms with Gasteiger partial charge in [0.15, 0.2) is 0 Å². The summed E-state index contributed by atoms with van der Waals surface area (Å²) in [7, 11) is -3.42. The van der Waals surface area contributed by atoms with Crippen molar-refractivity contribution in [3.8, 4) is 0 Å². The van der Waals surface area contributed by atoms with Gasteiger partial charge in [-0.2, -0.15) is 17.0 Å². The molecule has 0 saturated carbocycles. The highest BCUT2D eigenvalue weighted by Crippen LogP contribution is 2.33. The van der Waals surface area contributed by atoms with Crippen LogP contribution >= 0.6 is 0 Å². The number of nitrogens with one attached hydrogen (secondary N) is 1. The number of nitrogens with zero attached hydrogens (tertiary/aromatic N) is 3. The molecule has 0 bridgehead atoms. The van der Waals surface area contributed by atoms with Crippen molar-refractivity contribution in [1.82, 2.24) is 18.6 Å². The minimum atomic E-state index is -3.42. The van der Waals surface area contributed by atoms with Crippen LogP contribution in [-0.4, -0.2) is 59.8 Å². The number of rotatable bonds is 3. The third kappa shape index (κ3) is 2.48. The molecule has 0 unspecified atom stereocenters. The Morgan fingerprint density at radius 1 is 1.35 bits per heavy atom. The maximum Gasteiger partial charge on any atom is 0.282 e. The fraction of sp³-hybridized carbons (Fsp3) is 0.750. The smallest absolute Gasteiger partial charge is 0.282 e. The molecule has 20 heavy (non-hydrogen) atoms. The number of hydrogen-bond donors (Lipinski definition) is 1. The van der Waals surface area contributed by atoms with Gasteiger partial charge in [0.2, 0.25) is 0 Å². The lowest BCUT2D eigenvalue weighted by Crippen LogP contribution is -2.48. The van der Waals surface area contributed by atoms with Gasteiger partial charge in [-0.05, 0) is 19.8 Å². The van der Waals surface area contributed by atoms with Crippen LogP contribution in [0.5, 0.6) is 0 Å². The van der Waals surface area contributed by atoms with Crippen LogP contribution in [0.1, 0.15) is 30.4 Å². The number of ether oxygens (including phenoxy) is 1. The fourth-order valence-electron chi connectivity index (χ4n) is 2.82. The first-order valence-corrected chi connectivity index (χ1v) is 8.35. The van der Waals surface area contributed by atoms with E-state index < -0.39 is 10.2 Å². The normalized spacial score (nSPS) is 26.1. The number of morpholine rings is 1. The summed E-state index contributed by atoms with van der Waals surface area (Å²) in [6.07, 6.45) is 3.43. The predicted octanol–water partition coefficient (Wildman–Crippen LogP) is 0.432. The molecule has 0 radical (unpaired) electrons. The van der Waals surface area contributed by atoms with Crippen LogP contribution in [0.4, 0.5) is 0 Å².